The zero-order valence-electron chi connectivity index (χ0n) is 6.24. The van der Waals surface area contributed by atoms with Gasteiger partial charge >= 0.3 is 0 Å². The third kappa shape index (κ3) is 1.58. The van der Waals surface area contributed by atoms with Gasteiger partial charge in [0.1, 0.15) is 24.4 Å². The van der Waals surface area contributed by atoms with Gasteiger partial charge in [0.2, 0.25) is 0 Å². The van der Waals surface area contributed by atoms with Crippen molar-refractivity contribution in [3.05, 3.63) is 0 Å². The molecule has 0 aromatic rings. The quantitative estimate of drug-likeness (QED) is 0.306. The van der Waals surface area contributed by atoms with E-state index in [0.717, 1.165) is 0 Å². The molecule has 6 heteroatoms. The molecule has 12 heavy (non-hydrogen) atoms. The van der Waals surface area contributed by atoms with Crippen molar-refractivity contribution in [1.82, 2.24) is 0 Å². The van der Waals surface area contributed by atoms with Crippen LogP contribution >= 0.6 is 0 Å². The van der Waals surface area contributed by atoms with E-state index >= 15 is 0 Å². The first-order valence-electron chi connectivity index (χ1n) is 3.56. The number of aliphatic hydroxyl groups is 5. The van der Waals surface area contributed by atoms with Gasteiger partial charge in [-0.15, -0.1) is 0 Å². The van der Waals surface area contributed by atoms with Crippen LogP contribution in [0.5, 0.6) is 0 Å². The zero-order chi connectivity index (χ0) is 9.30. The van der Waals surface area contributed by atoms with Gasteiger partial charge in [-0.1, -0.05) is 0 Å². The van der Waals surface area contributed by atoms with Crippen molar-refractivity contribution in [3.8, 4) is 0 Å². The fourth-order valence-electron chi connectivity index (χ4n) is 1.11. The van der Waals surface area contributed by atoms with Crippen molar-refractivity contribution < 1.29 is 30.3 Å². The zero-order valence-corrected chi connectivity index (χ0v) is 6.24. The molecule has 1 aliphatic heterocycles. The normalized spacial score (nSPS) is 44.8. The van der Waals surface area contributed by atoms with Crippen molar-refractivity contribution in [2.45, 2.75) is 30.7 Å². The van der Waals surface area contributed by atoms with Crippen molar-refractivity contribution in [2.24, 2.45) is 0 Å². The molecule has 0 bridgehead atoms. The van der Waals surface area contributed by atoms with Gasteiger partial charge in [0.05, 0.1) is 6.61 Å². The smallest absolute Gasteiger partial charge is 0.184 e. The van der Waals surface area contributed by atoms with Crippen molar-refractivity contribution >= 4 is 0 Å². The summed E-state index contributed by atoms with van der Waals surface area (Å²) in [5.41, 5.74) is 0. The Morgan fingerprint density at radius 2 is 1.75 bits per heavy atom. The molecule has 1 heterocycles. The lowest BCUT2D eigenvalue weighted by Gasteiger charge is -2.18. The summed E-state index contributed by atoms with van der Waals surface area (Å²) in [6.07, 6.45) is -6.75. The monoisotopic (exact) mass is 180 g/mol. The van der Waals surface area contributed by atoms with Crippen LogP contribution in [0, 0.1) is 0 Å². The standard InChI is InChI=1S/C6H12O6/c7-1-2(8)5-3(9)4(10)6(11)12-5/h2-11H,1H2/t2-,3-,4-,5+,6?/m0/s1. The van der Waals surface area contributed by atoms with Gasteiger partial charge in [0, 0.05) is 0 Å². The molecule has 0 spiro atoms. The van der Waals surface area contributed by atoms with Crippen LogP contribution in [-0.2, 0) is 4.74 Å². The number of rotatable bonds is 2. The van der Waals surface area contributed by atoms with Crippen LogP contribution in [0.15, 0.2) is 0 Å². The molecule has 1 rings (SSSR count). The second kappa shape index (κ2) is 3.65. The van der Waals surface area contributed by atoms with Gasteiger partial charge in [-0.2, -0.15) is 0 Å². The van der Waals surface area contributed by atoms with E-state index < -0.39 is 37.3 Å². The molecule has 0 amide bonds. The third-order valence-corrected chi connectivity index (χ3v) is 1.84. The Kier molecular flexibility index (Phi) is 2.99. The van der Waals surface area contributed by atoms with E-state index in [4.69, 9.17) is 25.5 Å². The number of hydrogen-bond donors (Lipinski definition) is 5. The van der Waals surface area contributed by atoms with E-state index in [1.807, 2.05) is 0 Å². The highest BCUT2D eigenvalue weighted by Gasteiger charge is 2.44. The van der Waals surface area contributed by atoms with Crippen LogP contribution in [0.2, 0.25) is 0 Å². The summed E-state index contributed by atoms with van der Waals surface area (Å²) in [6.45, 7) is -0.596. The highest BCUT2D eigenvalue weighted by Crippen LogP contribution is 2.21. The van der Waals surface area contributed by atoms with E-state index in [0.29, 0.717) is 0 Å². The summed E-state index contributed by atoms with van der Waals surface area (Å²) in [4.78, 5) is 0. The summed E-state index contributed by atoms with van der Waals surface area (Å²) < 4.78 is 4.58. The predicted molar refractivity (Wildman–Crippen MR) is 36.0 cm³/mol. The largest absolute Gasteiger partial charge is 0.394 e. The Morgan fingerprint density at radius 3 is 2.08 bits per heavy atom. The van der Waals surface area contributed by atoms with Crippen LogP contribution in [-0.4, -0.2) is 62.8 Å². The molecule has 0 aliphatic carbocycles. The molecule has 6 nitrogen and oxygen atoms in total. The van der Waals surface area contributed by atoms with E-state index in [1.165, 1.54) is 0 Å². The second-order valence-electron chi connectivity index (χ2n) is 2.72. The summed E-state index contributed by atoms with van der Waals surface area (Å²) in [6, 6.07) is 0. The minimum absolute atomic E-state index is 0.596. The van der Waals surface area contributed by atoms with Crippen LogP contribution in [0.3, 0.4) is 0 Å². The second-order valence-corrected chi connectivity index (χ2v) is 2.72. The highest BCUT2D eigenvalue weighted by atomic mass is 16.6. The molecule has 5 atom stereocenters. The summed E-state index contributed by atoms with van der Waals surface area (Å²) in [5, 5.41) is 44.4. The molecule has 1 aliphatic rings. The Bertz CT molecular complexity index is 151. The average molecular weight is 180 g/mol. The summed E-state index contributed by atoms with van der Waals surface area (Å²) >= 11 is 0. The number of hydrogen-bond acceptors (Lipinski definition) is 6. The number of aliphatic hydroxyl groups excluding tert-OH is 5. The molecule has 0 radical (unpaired) electrons. The van der Waals surface area contributed by atoms with E-state index in [-0.39, 0.29) is 0 Å². The highest BCUT2D eigenvalue weighted by molar-refractivity contribution is 4.89. The molecular formula is C6H12O6. The predicted octanol–water partition coefficient (Wildman–Crippen LogP) is -3.22. The first-order valence-corrected chi connectivity index (χ1v) is 3.56. The van der Waals surface area contributed by atoms with Crippen LogP contribution in [0.1, 0.15) is 0 Å². The maximum Gasteiger partial charge on any atom is 0.184 e. The topological polar surface area (TPSA) is 110 Å². The minimum atomic E-state index is -1.51. The molecule has 0 saturated carbocycles. The van der Waals surface area contributed by atoms with Crippen LogP contribution < -0.4 is 0 Å². The van der Waals surface area contributed by atoms with E-state index in [1.54, 1.807) is 0 Å². The maximum absolute atomic E-state index is 9.12. The average Bonchev–Trinajstić information content (AvgIpc) is 2.32. The molecule has 1 unspecified atom stereocenters. The lowest BCUT2D eigenvalue weighted by atomic mass is 10.1. The summed E-state index contributed by atoms with van der Waals surface area (Å²) in [5.74, 6) is 0. The first-order chi connectivity index (χ1) is 5.57. The van der Waals surface area contributed by atoms with Gasteiger partial charge in [0.15, 0.2) is 6.29 Å². The first kappa shape index (κ1) is 9.85. The molecule has 72 valence electrons. The van der Waals surface area contributed by atoms with Crippen LogP contribution in [0.25, 0.3) is 0 Å². The minimum Gasteiger partial charge on any atom is -0.394 e. The van der Waals surface area contributed by atoms with Gasteiger partial charge in [-0.05, 0) is 0 Å². The van der Waals surface area contributed by atoms with Crippen molar-refractivity contribution in [2.75, 3.05) is 6.61 Å². The van der Waals surface area contributed by atoms with Gasteiger partial charge in [-0.25, -0.2) is 0 Å². The fourth-order valence-corrected chi connectivity index (χ4v) is 1.11. The molecule has 0 aromatic heterocycles. The molecule has 1 fully saturated rings. The van der Waals surface area contributed by atoms with Gasteiger partial charge in [0.25, 0.3) is 0 Å². The SMILES string of the molecule is OC[C@H](O)[C@H]1OC(O)[C@@H](O)[C@@H]1O. The van der Waals surface area contributed by atoms with E-state index in [9.17, 15) is 0 Å². The third-order valence-electron chi connectivity index (χ3n) is 1.84. The van der Waals surface area contributed by atoms with Crippen LogP contribution in [0.4, 0.5) is 0 Å². The molecule has 1 saturated heterocycles. The number of ether oxygens (including phenoxy) is 1. The Hall–Kier alpha value is -0.240. The van der Waals surface area contributed by atoms with Gasteiger partial charge in [-0.3, -0.25) is 0 Å². The molecular weight excluding hydrogens is 168 g/mol. The van der Waals surface area contributed by atoms with Crippen molar-refractivity contribution in [1.29, 1.82) is 0 Å². The fraction of sp³-hybridized carbons (Fsp3) is 1.00. The summed E-state index contributed by atoms with van der Waals surface area (Å²) in [7, 11) is 0. The Balaban J connectivity index is 2.58. The van der Waals surface area contributed by atoms with Crippen molar-refractivity contribution in [3.63, 3.8) is 0 Å². The lowest BCUT2D eigenvalue weighted by Crippen LogP contribution is -2.40. The molecule has 5 N–H and O–H groups in total. The lowest BCUT2D eigenvalue weighted by molar-refractivity contribution is -0.150. The van der Waals surface area contributed by atoms with Gasteiger partial charge < -0.3 is 30.3 Å². The maximum atomic E-state index is 9.12. The molecule has 0 aromatic carbocycles. The Morgan fingerprint density at radius 1 is 1.17 bits per heavy atom. The van der Waals surface area contributed by atoms with E-state index in [2.05, 4.69) is 4.74 Å². The Labute approximate surface area is 68.6 Å².